The van der Waals surface area contributed by atoms with E-state index in [0.29, 0.717) is 0 Å². The van der Waals surface area contributed by atoms with Crippen LogP contribution in [0.1, 0.15) is 27.2 Å². The van der Waals surface area contributed by atoms with Gasteiger partial charge in [-0.05, 0) is 19.3 Å². The lowest BCUT2D eigenvalue weighted by atomic mass is 9.89. The molecule has 90 valence electrons. The van der Waals surface area contributed by atoms with Gasteiger partial charge in [0.15, 0.2) is 0 Å². The molecule has 6 heteroatoms. The first-order valence-corrected chi connectivity index (χ1v) is 5.13. The normalized spacial score (nSPS) is 19.9. The number of amides is 3. The third-order valence-corrected chi connectivity index (χ3v) is 2.60. The van der Waals surface area contributed by atoms with Crippen LogP contribution in [0.15, 0.2) is 0 Å². The standard InChI is InChI=1S/C10H16N2O4/c1-6(2)4-10(3,8(14)15)12-7(13)5-11-9(12)16/h6H,4-5H2,1-3H3,(H,11,16)(H,14,15). The maximum absolute atomic E-state index is 11.5. The summed E-state index contributed by atoms with van der Waals surface area (Å²) in [6.07, 6.45) is 0.238. The summed E-state index contributed by atoms with van der Waals surface area (Å²) in [5.74, 6) is -1.58. The molecule has 3 amide bonds. The second-order valence-electron chi connectivity index (χ2n) is 4.56. The van der Waals surface area contributed by atoms with Crippen LogP contribution in [0.25, 0.3) is 0 Å². The van der Waals surface area contributed by atoms with Gasteiger partial charge in [0.25, 0.3) is 5.91 Å². The summed E-state index contributed by atoms with van der Waals surface area (Å²) < 4.78 is 0. The summed E-state index contributed by atoms with van der Waals surface area (Å²) in [4.78, 5) is 35.0. The van der Waals surface area contributed by atoms with Crippen LogP contribution in [0.4, 0.5) is 4.79 Å². The number of carbonyl (C=O) groups is 3. The van der Waals surface area contributed by atoms with Gasteiger partial charge in [-0.25, -0.2) is 14.5 Å². The van der Waals surface area contributed by atoms with E-state index < -0.39 is 23.4 Å². The van der Waals surface area contributed by atoms with Crippen molar-refractivity contribution in [3.8, 4) is 0 Å². The molecule has 0 aromatic carbocycles. The first-order valence-electron chi connectivity index (χ1n) is 5.13. The Hall–Kier alpha value is -1.59. The smallest absolute Gasteiger partial charge is 0.329 e. The number of hydrogen-bond acceptors (Lipinski definition) is 3. The van der Waals surface area contributed by atoms with Crippen LogP contribution in [0.5, 0.6) is 0 Å². The number of carboxylic acid groups (broad SMARTS) is 1. The summed E-state index contributed by atoms with van der Waals surface area (Å²) in [6, 6.07) is -0.629. The molecular formula is C10H16N2O4. The van der Waals surface area contributed by atoms with Crippen molar-refractivity contribution in [2.75, 3.05) is 6.54 Å². The van der Waals surface area contributed by atoms with Crippen molar-refractivity contribution < 1.29 is 19.5 Å². The number of aliphatic carboxylic acids is 1. The van der Waals surface area contributed by atoms with Crippen molar-refractivity contribution in [1.29, 1.82) is 0 Å². The summed E-state index contributed by atoms with van der Waals surface area (Å²) >= 11 is 0. The summed E-state index contributed by atoms with van der Waals surface area (Å²) in [5.41, 5.74) is -1.47. The fourth-order valence-electron chi connectivity index (χ4n) is 1.99. The van der Waals surface area contributed by atoms with Gasteiger partial charge in [0.05, 0.1) is 6.54 Å². The molecule has 1 saturated heterocycles. The Balaban J connectivity index is 3.05. The van der Waals surface area contributed by atoms with Crippen LogP contribution in [0.2, 0.25) is 0 Å². The number of hydrogen-bond donors (Lipinski definition) is 2. The van der Waals surface area contributed by atoms with Crippen molar-refractivity contribution in [1.82, 2.24) is 10.2 Å². The molecule has 1 rings (SSSR count). The highest BCUT2D eigenvalue weighted by Crippen LogP contribution is 2.26. The average Bonchev–Trinajstić information content (AvgIpc) is 2.44. The average molecular weight is 228 g/mol. The molecule has 6 nitrogen and oxygen atoms in total. The molecule has 0 saturated carbocycles. The van der Waals surface area contributed by atoms with E-state index in [2.05, 4.69) is 5.32 Å². The molecule has 2 N–H and O–H groups in total. The van der Waals surface area contributed by atoms with Crippen molar-refractivity contribution in [3.63, 3.8) is 0 Å². The molecule has 0 aliphatic carbocycles. The van der Waals surface area contributed by atoms with Crippen molar-refractivity contribution in [2.45, 2.75) is 32.7 Å². The number of urea groups is 1. The molecule has 16 heavy (non-hydrogen) atoms. The summed E-state index contributed by atoms with van der Waals surface area (Å²) in [5, 5.41) is 11.5. The zero-order valence-corrected chi connectivity index (χ0v) is 9.61. The fourth-order valence-corrected chi connectivity index (χ4v) is 1.99. The maximum atomic E-state index is 11.5. The minimum atomic E-state index is -1.47. The molecule has 0 spiro atoms. The lowest BCUT2D eigenvalue weighted by Gasteiger charge is -2.33. The van der Waals surface area contributed by atoms with E-state index in [0.717, 1.165) is 4.90 Å². The molecular weight excluding hydrogens is 212 g/mol. The first kappa shape index (κ1) is 12.5. The Morgan fingerprint density at radius 3 is 2.44 bits per heavy atom. The second-order valence-corrected chi connectivity index (χ2v) is 4.56. The van der Waals surface area contributed by atoms with E-state index in [1.807, 2.05) is 13.8 Å². The van der Waals surface area contributed by atoms with E-state index in [9.17, 15) is 19.5 Å². The van der Waals surface area contributed by atoms with Gasteiger partial charge in [-0.2, -0.15) is 0 Å². The van der Waals surface area contributed by atoms with E-state index in [1.54, 1.807) is 0 Å². The minimum Gasteiger partial charge on any atom is -0.479 e. The highest BCUT2D eigenvalue weighted by Gasteiger charge is 2.48. The van der Waals surface area contributed by atoms with E-state index in [4.69, 9.17) is 0 Å². The molecule has 1 aliphatic heterocycles. The van der Waals surface area contributed by atoms with Gasteiger partial charge in [0.2, 0.25) is 0 Å². The highest BCUT2D eigenvalue weighted by atomic mass is 16.4. The molecule has 1 aliphatic rings. The van der Waals surface area contributed by atoms with Gasteiger partial charge in [-0.1, -0.05) is 13.8 Å². The van der Waals surface area contributed by atoms with Gasteiger partial charge >= 0.3 is 12.0 Å². The van der Waals surface area contributed by atoms with E-state index in [1.165, 1.54) is 6.92 Å². The van der Waals surface area contributed by atoms with Gasteiger partial charge in [-0.15, -0.1) is 0 Å². The predicted octanol–water partition coefficient (Wildman–Crippen LogP) is 0.428. The maximum Gasteiger partial charge on any atom is 0.329 e. The van der Waals surface area contributed by atoms with Crippen LogP contribution < -0.4 is 5.32 Å². The summed E-state index contributed by atoms with van der Waals surface area (Å²) in [6.45, 7) is 4.97. The molecule has 0 radical (unpaired) electrons. The topological polar surface area (TPSA) is 86.7 Å². The third-order valence-electron chi connectivity index (χ3n) is 2.60. The van der Waals surface area contributed by atoms with Crippen LogP contribution >= 0.6 is 0 Å². The van der Waals surface area contributed by atoms with E-state index in [-0.39, 0.29) is 18.9 Å². The van der Waals surface area contributed by atoms with Gasteiger partial charge in [0, 0.05) is 0 Å². The van der Waals surface area contributed by atoms with Gasteiger partial charge in [-0.3, -0.25) is 4.79 Å². The minimum absolute atomic E-state index is 0.0716. The highest BCUT2D eigenvalue weighted by molar-refractivity contribution is 6.06. The Kier molecular flexibility index (Phi) is 3.21. The van der Waals surface area contributed by atoms with Gasteiger partial charge in [0.1, 0.15) is 5.54 Å². The third kappa shape index (κ3) is 2.00. The molecule has 0 aromatic heterocycles. The molecule has 1 fully saturated rings. The van der Waals surface area contributed by atoms with Crippen LogP contribution in [0.3, 0.4) is 0 Å². The number of carboxylic acids is 1. The van der Waals surface area contributed by atoms with Gasteiger partial charge < -0.3 is 10.4 Å². The number of rotatable bonds is 4. The number of imide groups is 1. The molecule has 1 heterocycles. The monoisotopic (exact) mass is 228 g/mol. The van der Waals surface area contributed by atoms with Crippen molar-refractivity contribution in [2.24, 2.45) is 5.92 Å². The SMILES string of the molecule is CC(C)CC(C)(C(=O)O)N1C(=O)CNC1=O. The number of nitrogens with zero attached hydrogens (tertiary/aromatic N) is 1. The molecule has 0 bridgehead atoms. The Morgan fingerprint density at radius 1 is 1.56 bits per heavy atom. The predicted molar refractivity (Wildman–Crippen MR) is 55.7 cm³/mol. The van der Waals surface area contributed by atoms with Crippen LogP contribution in [-0.4, -0.2) is 40.0 Å². The largest absolute Gasteiger partial charge is 0.479 e. The quantitative estimate of drug-likeness (QED) is 0.683. The van der Waals surface area contributed by atoms with Crippen molar-refractivity contribution in [3.05, 3.63) is 0 Å². The zero-order valence-electron chi connectivity index (χ0n) is 9.61. The van der Waals surface area contributed by atoms with E-state index >= 15 is 0 Å². The Bertz CT molecular complexity index is 324. The number of carbonyl (C=O) groups excluding carboxylic acids is 2. The Labute approximate surface area is 93.6 Å². The lowest BCUT2D eigenvalue weighted by Crippen LogP contribution is -2.56. The molecule has 1 atom stereocenters. The van der Waals surface area contributed by atoms with Crippen LogP contribution in [0, 0.1) is 5.92 Å². The summed E-state index contributed by atoms with van der Waals surface area (Å²) in [7, 11) is 0. The van der Waals surface area contributed by atoms with Crippen LogP contribution in [-0.2, 0) is 9.59 Å². The fraction of sp³-hybridized carbons (Fsp3) is 0.700. The lowest BCUT2D eigenvalue weighted by molar-refractivity contribution is -0.154. The zero-order chi connectivity index (χ0) is 12.5. The first-order chi connectivity index (χ1) is 7.29. The Morgan fingerprint density at radius 2 is 2.12 bits per heavy atom. The molecule has 1 unspecified atom stereocenters. The number of nitrogens with one attached hydrogen (secondary N) is 1. The van der Waals surface area contributed by atoms with Crippen molar-refractivity contribution >= 4 is 17.9 Å². The second kappa shape index (κ2) is 4.11. The molecule has 0 aromatic rings.